The molecule has 0 bridgehead atoms. The molecule has 4 rings (SSSR count). The van der Waals surface area contributed by atoms with Gasteiger partial charge in [-0.05, 0) is 25.7 Å². The van der Waals surface area contributed by atoms with Crippen LogP contribution in [0.4, 0.5) is 5.95 Å². The second-order valence-electron chi connectivity index (χ2n) is 8.24. The molecule has 2 heterocycles. The fourth-order valence-corrected chi connectivity index (χ4v) is 4.85. The predicted octanol–water partition coefficient (Wildman–Crippen LogP) is 4.36. The number of nitrogens with zero attached hydrogens (tertiary/aromatic N) is 4. The lowest BCUT2D eigenvalue weighted by Crippen LogP contribution is -2.53. The third kappa shape index (κ3) is 4.25. The highest BCUT2D eigenvalue weighted by Crippen LogP contribution is 2.34. The summed E-state index contributed by atoms with van der Waals surface area (Å²) in [4.78, 5) is 21.6. The fourth-order valence-electron chi connectivity index (χ4n) is 4.65. The number of nitrogens with one attached hydrogen (secondary N) is 2. The van der Waals surface area contributed by atoms with Crippen molar-refractivity contribution in [3.63, 3.8) is 0 Å². The number of hydrogen-bond donors (Lipinski definition) is 2. The van der Waals surface area contributed by atoms with E-state index in [4.69, 9.17) is 11.6 Å². The van der Waals surface area contributed by atoms with Crippen molar-refractivity contribution in [2.75, 3.05) is 12.4 Å². The lowest BCUT2D eigenvalue weighted by molar-refractivity contribution is -0.126. The van der Waals surface area contributed by atoms with Crippen molar-refractivity contribution in [2.45, 2.75) is 75.8 Å². The molecule has 2 aromatic rings. The van der Waals surface area contributed by atoms with Gasteiger partial charge in [-0.25, -0.2) is 9.97 Å². The average molecular weight is 417 g/mol. The smallest absolute Gasteiger partial charge is 0.245 e. The Kier molecular flexibility index (Phi) is 6.04. The molecule has 156 valence electrons. The molecule has 2 aliphatic rings. The van der Waals surface area contributed by atoms with E-state index in [1.54, 1.807) is 13.2 Å². The van der Waals surface area contributed by atoms with E-state index in [1.807, 2.05) is 17.1 Å². The van der Waals surface area contributed by atoms with Crippen molar-refractivity contribution in [1.82, 2.24) is 25.1 Å². The van der Waals surface area contributed by atoms with Crippen LogP contribution in [0.15, 0.2) is 18.6 Å². The molecule has 2 aromatic heterocycles. The Morgan fingerprint density at radius 3 is 2.59 bits per heavy atom. The maximum absolute atomic E-state index is 12.6. The molecule has 1 amide bonds. The third-order valence-corrected chi connectivity index (χ3v) is 6.56. The van der Waals surface area contributed by atoms with Gasteiger partial charge >= 0.3 is 0 Å². The molecule has 0 saturated heterocycles. The molecule has 0 radical (unpaired) electrons. The van der Waals surface area contributed by atoms with Crippen LogP contribution in [0, 0.1) is 0 Å². The minimum atomic E-state index is -0.662. The first-order valence-electron chi connectivity index (χ1n) is 10.7. The van der Waals surface area contributed by atoms with E-state index >= 15 is 0 Å². The standard InChI is InChI=1S/C21H29ClN6O/c1-23-19(29)21(10-6-3-7-11-21)27-20-24-13-17(22)18(26-20)15-12-25-28(14-15)16-8-4-2-5-9-16/h12-14,16H,2-11H2,1H3,(H,23,29)(H,24,26,27). The van der Waals surface area contributed by atoms with Crippen LogP contribution in [0.3, 0.4) is 0 Å². The third-order valence-electron chi connectivity index (χ3n) is 6.29. The topological polar surface area (TPSA) is 84.7 Å². The zero-order chi connectivity index (χ0) is 20.3. The quantitative estimate of drug-likeness (QED) is 0.756. The summed E-state index contributed by atoms with van der Waals surface area (Å²) in [6, 6.07) is 0.453. The van der Waals surface area contributed by atoms with Gasteiger partial charge in [-0.1, -0.05) is 50.1 Å². The Hall–Kier alpha value is -2.15. The number of rotatable bonds is 5. The first-order chi connectivity index (χ1) is 14.1. The van der Waals surface area contributed by atoms with Gasteiger partial charge in [0.15, 0.2) is 0 Å². The van der Waals surface area contributed by atoms with E-state index in [9.17, 15) is 4.79 Å². The van der Waals surface area contributed by atoms with E-state index in [0.717, 1.165) is 37.7 Å². The molecule has 7 nitrogen and oxygen atoms in total. The van der Waals surface area contributed by atoms with Crippen molar-refractivity contribution in [1.29, 1.82) is 0 Å². The molecule has 0 spiro atoms. The van der Waals surface area contributed by atoms with Crippen LogP contribution >= 0.6 is 11.6 Å². The van der Waals surface area contributed by atoms with Gasteiger partial charge in [0.05, 0.1) is 29.2 Å². The number of halogens is 1. The number of carbonyl (C=O) groups is 1. The molecule has 2 fully saturated rings. The van der Waals surface area contributed by atoms with Crippen molar-refractivity contribution >= 4 is 23.5 Å². The fraction of sp³-hybridized carbons (Fsp3) is 0.619. The van der Waals surface area contributed by atoms with Crippen LogP contribution < -0.4 is 10.6 Å². The Morgan fingerprint density at radius 2 is 1.86 bits per heavy atom. The molecular weight excluding hydrogens is 388 g/mol. The summed E-state index contributed by atoms with van der Waals surface area (Å²) in [5.74, 6) is 0.419. The van der Waals surface area contributed by atoms with E-state index in [0.29, 0.717) is 22.7 Å². The van der Waals surface area contributed by atoms with Crippen molar-refractivity contribution in [2.24, 2.45) is 0 Å². The van der Waals surface area contributed by atoms with E-state index in [1.165, 1.54) is 32.1 Å². The highest BCUT2D eigenvalue weighted by atomic mass is 35.5. The lowest BCUT2D eigenvalue weighted by Gasteiger charge is -2.36. The van der Waals surface area contributed by atoms with Crippen LogP contribution in [-0.2, 0) is 4.79 Å². The number of anilines is 1. The molecule has 0 atom stereocenters. The minimum absolute atomic E-state index is 0.0116. The van der Waals surface area contributed by atoms with Crippen LogP contribution in [0.2, 0.25) is 5.02 Å². The molecule has 8 heteroatoms. The molecule has 2 N–H and O–H groups in total. The highest BCUT2D eigenvalue weighted by Gasteiger charge is 2.39. The summed E-state index contributed by atoms with van der Waals surface area (Å²) < 4.78 is 2.05. The Bertz CT molecular complexity index is 855. The van der Waals surface area contributed by atoms with Crippen LogP contribution in [0.25, 0.3) is 11.3 Å². The van der Waals surface area contributed by atoms with Gasteiger partial charge < -0.3 is 10.6 Å². The van der Waals surface area contributed by atoms with Gasteiger partial charge in [0.2, 0.25) is 11.9 Å². The van der Waals surface area contributed by atoms with Gasteiger partial charge in [-0.2, -0.15) is 5.10 Å². The molecular formula is C21H29ClN6O. The van der Waals surface area contributed by atoms with Gasteiger partial charge in [-0.3, -0.25) is 9.48 Å². The molecule has 0 aliphatic heterocycles. The van der Waals surface area contributed by atoms with Crippen LogP contribution in [0.5, 0.6) is 0 Å². The average Bonchev–Trinajstić information content (AvgIpc) is 3.26. The number of amides is 1. The molecule has 2 saturated carbocycles. The van der Waals surface area contributed by atoms with Crippen LogP contribution in [-0.4, -0.2) is 38.2 Å². The first-order valence-corrected chi connectivity index (χ1v) is 11.1. The molecule has 0 aromatic carbocycles. The van der Waals surface area contributed by atoms with Crippen molar-refractivity contribution < 1.29 is 4.79 Å². The van der Waals surface area contributed by atoms with E-state index in [-0.39, 0.29) is 5.91 Å². The molecule has 0 unspecified atom stereocenters. The maximum atomic E-state index is 12.6. The second-order valence-corrected chi connectivity index (χ2v) is 8.65. The summed E-state index contributed by atoms with van der Waals surface area (Å²) in [6.07, 6.45) is 16.3. The maximum Gasteiger partial charge on any atom is 0.245 e. The Morgan fingerprint density at radius 1 is 1.14 bits per heavy atom. The summed E-state index contributed by atoms with van der Waals surface area (Å²) in [6.45, 7) is 0. The zero-order valence-electron chi connectivity index (χ0n) is 17.0. The van der Waals surface area contributed by atoms with Gasteiger partial charge in [-0.15, -0.1) is 0 Å². The predicted molar refractivity (Wildman–Crippen MR) is 114 cm³/mol. The van der Waals surface area contributed by atoms with Crippen LogP contribution in [0.1, 0.15) is 70.3 Å². The van der Waals surface area contributed by atoms with E-state index < -0.39 is 5.54 Å². The van der Waals surface area contributed by atoms with Crippen molar-refractivity contribution in [3.8, 4) is 11.3 Å². The highest BCUT2D eigenvalue weighted by molar-refractivity contribution is 6.32. The summed E-state index contributed by atoms with van der Waals surface area (Å²) in [5, 5.41) is 11.2. The SMILES string of the molecule is CNC(=O)C1(Nc2ncc(Cl)c(-c3cnn(C4CCCCC4)c3)n2)CCCCC1. The summed E-state index contributed by atoms with van der Waals surface area (Å²) in [7, 11) is 1.67. The summed E-state index contributed by atoms with van der Waals surface area (Å²) >= 11 is 6.42. The minimum Gasteiger partial charge on any atom is -0.357 e. The molecule has 2 aliphatic carbocycles. The summed E-state index contributed by atoms with van der Waals surface area (Å²) in [5.41, 5.74) is 0.863. The zero-order valence-corrected chi connectivity index (χ0v) is 17.7. The van der Waals surface area contributed by atoms with E-state index in [2.05, 4.69) is 25.7 Å². The Labute approximate surface area is 176 Å². The van der Waals surface area contributed by atoms with Gasteiger partial charge in [0.1, 0.15) is 5.54 Å². The molecule has 29 heavy (non-hydrogen) atoms. The first kappa shape index (κ1) is 20.1. The Balaban J connectivity index is 1.59. The lowest BCUT2D eigenvalue weighted by atomic mass is 9.81. The monoisotopic (exact) mass is 416 g/mol. The number of likely N-dealkylation sites (N-methyl/N-ethyl adjacent to an activating group) is 1. The normalized spacial score (nSPS) is 19.7. The number of aromatic nitrogens is 4. The number of carbonyl (C=O) groups excluding carboxylic acids is 1. The second kappa shape index (κ2) is 8.69. The van der Waals surface area contributed by atoms with Gasteiger partial charge in [0, 0.05) is 18.8 Å². The van der Waals surface area contributed by atoms with Gasteiger partial charge in [0.25, 0.3) is 0 Å². The largest absolute Gasteiger partial charge is 0.357 e. The van der Waals surface area contributed by atoms with Crippen molar-refractivity contribution in [3.05, 3.63) is 23.6 Å². The number of hydrogen-bond acceptors (Lipinski definition) is 5.